The van der Waals surface area contributed by atoms with Crippen molar-refractivity contribution in [2.45, 2.75) is 193 Å². The van der Waals surface area contributed by atoms with Crippen LogP contribution in [0, 0.1) is 28.7 Å². The minimum Gasteiger partial charge on any atom is -0.444 e. The van der Waals surface area contributed by atoms with Crippen LogP contribution in [0.4, 0.5) is 4.79 Å². The van der Waals surface area contributed by atoms with Gasteiger partial charge in [-0.3, -0.25) is 9.59 Å². The number of ketones is 3. The molecule has 6 heterocycles. The first-order chi connectivity index (χ1) is 28.6. The fourth-order valence-corrected chi connectivity index (χ4v) is 9.30. The number of nitrogens with zero attached hydrogens (tertiary/aromatic N) is 1. The van der Waals surface area contributed by atoms with Crippen LogP contribution < -0.4 is 10.6 Å². The Morgan fingerprint density at radius 3 is 1.33 bits per heavy atom. The maximum absolute atomic E-state index is 12.0. The molecule has 0 spiro atoms. The summed E-state index contributed by atoms with van der Waals surface area (Å²) in [4.78, 5) is 45.9. The summed E-state index contributed by atoms with van der Waals surface area (Å²) in [7, 11) is 0. The van der Waals surface area contributed by atoms with E-state index in [2.05, 4.69) is 68.7 Å². The molecule has 1 amide bonds. The van der Waals surface area contributed by atoms with Crippen molar-refractivity contribution in [2.24, 2.45) is 0 Å². The van der Waals surface area contributed by atoms with Crippen molar-refractivity contribution in [1.82, 2.24) is 15.5 Å². The van der Waals surface area contributed by atoms with Crippen molar-refractivity contribution < 1.29 is 155 Å². The fraction of sp³-hybridized carbons (Fsp3) is 0.556. The number of rotatable bonds is 6. The molecule has 2 N–H and O–H groups in total. The molecule has 2 aromatic carbocycles. The molecule has 6 unspecified atom stereocenters. The Bertz CT molecular complexity index is 1740. The van der Waals surface area contributed by atoms with E-state index in [1.54, 1.807) is 28.5 Å². The number of carbonyl (C=O) groups excluding carboxylic acids is 4. The quantitative estimate of drug-likeness (QED) is 0.219. The summed E-state index contributed by atoms with van der Waals surface area (Å²) in [5, 5.41) is 7.35. The number of benzene rings is 2. The molecule has 6 atom stereocenters. The van der Waals surface area contributed by atoms with Crippen molar-refractivity contribution in [3.8, 4) is 0 Å². The van der Waals surface area contributed by atoms with Crippen LogP contribution >= 0.6 is 0 Å². The van der Waals surface area contributed by atoms with Crippen LogP contribution in [-0.4, -0.2) is 70.2 Å². The number of amides is 1. The van der Waals surface area contributed by atoms with Crippen molar-refractivity contribution in [3.05, 3.63) is 117 Å². The molecule has 12 heteroatoms. The number of hydrogen-bond acceptors (Lipinski definition) is 7. The summed E-state index contributed by atoms with van der Waals surface area (Å²) >= 11 is 0. The molecule has 6 aliphatic rings. The maximum atomic E-state index is 12.0. The molecule has 6 saturated heterocycles. The number of ether oxygens (including phenoxy) is 1. The Balaban J connectivity index is -0.000000764. The van der Waals surface area contributed by atoms with Crippen LogP contribution in [0.25, 0.3) is 5.57 Å². The molecule has 4 radical (unpaired) electrons. The Morgan fingerprint density at radius 1 is 0.591 bits per heavy atom. The van der Waals surface area contributed by atoms with Gasteiger partial charge < -0.3 is 46.8 Å². The van der Waals surface area contributed by atoms with Crippen LogP contribution in [-0.2, 0) is 145 Å². The summed E-state index contributed by atoms with van der Waals surface area (Å²) < 4.78 is 5.37. The largest absolute Gasteiger partial charge is 0.444 e. The van der Waals surface area contributed by atoms with Gasteiger partial charge in [0.1, 0.15) is 11.4 Å². The van der Waals surface area contributed by atoms with E-state index >= 15 is 0 Å². The first kappa shape index (κ1) is 70.5. The van der Waals surface area contributed by atoms with E-state index in [1.165, 1.54) is 68.9 Å². The van der Waals surface area contributed by atoms with Crippen LogP contribution in [0.3, 0.4) is 0 Å². The van der Waals surface area contributed by atoms with E-state index in [4.69, 9.17) is 4.74 Å². The molecule has 0 aromatic heterocycles. The second-order valence-corrected chi connectivity index (χ2v) is 18.2. The Hall–Kier alpha value is 0.276. The third kappa shape index (κ3) is 23.7. The van der Waals surface area contributed by atoms with Crippen LogP contribution in [0.15, 0.2) is 77.4 Å². The zero-order valence-electron chi connectivity index (χ0n) is 42.3. The molecule has 8 rings (SSSR count). The minimum absolute atomic E-state index is 0. The number of allylic oxidation sites excluding steroid dienone is 2. The molecule has 66 heavy (non-hydrogen) atoms. The number of carbonyl (C=O) groups is 4. The van der Waals surface area contributed by atoms with Gasteiger partial charge in [-0.15, -0.1) is 0 Å². The van der Waals surface area contributed by atoms with Gasteiger partial charge >= 0.3 is 6.09 Å². The van der Waals surface area contributed by atoms with Crippen LogP contribution in [0.2, 0.25) is 0 Å². The van der Waals surface area contributed by atoms with Gasteiger partial charge in [-0.2, -0.15) is 0 Å². The monoisotopic (exact) mass is 1210 g/mol. The Kier molecular flexibility index (Phi) is 38.7. The number of hydrogen-bond donors (Lipinski definition) is 2. The van der Waals surface area contributed by atoms with Crippen LogP contribution in [0.1, 0.15) is 167 Å². The normalized spacial score (nSPS) is 22.3. The van der Waals surface area contributed by atoms with E-state index in [1.807, 2.05) is 58.0 Å². The summed E-state index contributed by atoms with van der Waals surface area (Å²) in [5.41, 5.74) is 8.14. The van der Waals surface area contributed by atoms with Crippen molar-refractivity contribution in [1.29, 1.82) is 0 Å². The van der Waals surface area contributed by atoms with Crippen molar-refractivity contribution >= 4 is 29.0 Å². The smallest absolute Gasteiger partial charge is 0.410 e. The summed E-state index contributed by atoms with van der Waals surface area (Å²) in [5.74, 6) is 0.498. The molecule has 8 nitrogen and oxygen atoms in total. The van der Waals surface area contributed by atoms with E-state index in [9.17, 15) is 19.2 Å². The second-order valence-electron chi connectivity index (χ2n) is 18.2. The number of piperidine rings is 3. The number of fused-ring (bicyclic) bond motifs is 6. The molecular formula is C54H81N3O5Y4-4. The van der Waals surface area contributed by atoms with Gasteiger partial charge in [0.2, 0.25) is 0 Å². The zero-order chi connectivity index (χ0) is 43.8. The Labute approximate surface area is 503 Å². The van der Waals surface area contributed by atoms with E-state index in [0.29, 0.717) is 25.7 Å². The molecule has 6 aliphatic heterocycles. The molecule has 0 aliphatic carbocycles. The number of nitrogens with one attached hydrogen (secondary N) is 2. The van der Waals surface area contributed by atoms with Gasteiger partial charge in [-0.1, -0.05) is 113 Å². The average molecular weight is 1210 g/mol. The van der Waals surface area contributed by atoms with Gasteiger partial charge in [0.25, 0.3) is 0 Å². The van der Waals surface area contributed by atoms with Crippen molar-refractivity contribution in [3.63, 3.8) is 0 Å². The minimum atomic E-state index is -0.460. The van der Waals surface area contributed by atoms with E-state index in [-0.39, 0.29) is 181 Å². The molecule has 6 fully saturated rings. The second kappa shape index (κ2) is 36.2. The van der Waals surface area contributed by atoms with Crippen molar-refractivity contribution in [2.75, 3.05) is 0 Å². The van der Waals surface area contributed by atoms with Gasteiger partial charge in [0.05, 0.1) is 0 Å². The molecule has 2 aromatic rings. The first-order valence-electron chi connectivity index (χ1n) is 22.9. The predicted molar refractivity (Wildman–Crippen MR) is 258 cm³/mol. The molecular weight excluding hydrogens is 1130 g/mol. The standard InChI is InChI=1S/C16H21N.C12H19NO3.C11H18N.C9H10O.C4H7O.2CH3.4Y/c1-2-16(12-6-4-3-5-7-12)13-10-14-8-9-15(11-13)17-14;1-12(2,3)16-11(15)13-8-4-5-9(13)7-10(14)6-8;1-3-8(2)9-6-10-4-5-11(7-9)12-10;1-2-9(10)8-6-4-3-5-7-8;1-3-4(2)5;;;;;;/h3-7,14-15,17H,2,8-11H2,1H3;8-9H,4-7H2,1-3H3;10-12H,2-7H2,1H3;3-7H,2H2,1H3;2-3H2,1H3;2*1H3;;;;/q;;-1;;3*-1;;;;. The number of Topliss-reactive ketones (excluding diaryl/α,β-unsaturated/α-hetero) is 3. The van der Waals surface area contributed by atoms with Crippen LogP contribution in [0.5, 0.6) is 0 Å². The zero-order valence-corrected chi connectivity index (χ0v) is 53.6. The summed E-state index contributed by atoms with van der Waals surface area (Å²) in [6.07, 6.45) is 16.7. The van der Waals surface area contributed by atoms with E-state index in [0.717, 1.165) is 49.0 Å². The predicted octanol–water partition coefficient (Wildman–Crippen LogP) is 12.3. The van der Waals surface area contributed by atoms with E-state index < -0.39 is 5.60 Å². The topological polar surface area (TPSA) is 105 Å². The van der Waals surface area contributed by atoms with Gasteiger partial charge in [0, 0.05) is 180 Å². The maximum Gasteiger partial charge on any atom is 0.410 e. The molecule has 6 bridgehead atoms. The molecule has 358 valence electrons. The van der Waals surface area contributed by atoms with Gasteiger partial charge in [-0.25, -0.2) is 22.9 Å². The molecule has 0 saturated carbocycles. The average Bonchev–Trinajstić information content (AvgIpc) is 3.87. The van der Waals surface area contributed by atoms with Gasteiger partial charge in [-0.05, 0) is 114 Å². The third-order valence-electron chi connectivity index (χ3n) is 12.4. The Morgan fingerprint density at radius 2 is 0.985 bits per heavy atom. The SMILES string of the molecule is CC(C)(C)OC(=O)N1C2CCC1CC(=O)C2.CCC(=C1CC2CCC(C1)N2)c1ccccc1.CCC(=O)c1ccccc1.[CH2-]C(=O)CC.[CH2-]C(CC)=C1CC2CCC(C1)N2.[CH3-].[CH3-].[Y].[Y].[Y].[Y]. The summed E-state index contributed by atoms with van der Waals surface area (Å²) in [6.45, 7) is 21.0. The fourth-order valence-electron chi connectivity index (χ4n) is 9.30. The summed E-state index contributed by atoms with van der Waals surface area (Å²) in [6, 6.07) is 23.5. The third-order valence-corrected chi connectivity index (χ3v) is 12.4. The van der Waals surface area contributed by atoms with Gasteiger partial charge in [0.15, 0.2) is 5.78 Å². The first-order valence-corrected chi connectivity index (χ1v) is 22.9.